The SMILES string of the molecule is NCC(Cc1ccccc1Br)Cc1ccccc1Br. The molecule has 0 heterocycles. The minimum Gasteiger partial charge on any atom is -0.330 e. The van der Waals surface area contributed by atoms with Crippen LogP contribution < -0.4 is 5.73 Å². The van der Waals surface area contributed by atoms with Crippen LogP contribution in [0.1, 0.15) is 11.1 Å². The van der Waals surface area contributed by atoms with E-state index in [-0.39, 0.29) is 0 Å². The zero-order valence-corrected chi connectivity index (χ0v) is 13.8. The molecule has 0 aliphatic rings. The van der Waals surface area contributed by atoms with E-state index in [4.69, 9.17) is 5.73 Å². The molecule has 0 saturated heterocycles. The molecule has 0 bridgehead atoms. The van der Waals surface area contributed by atoms with Crippen molar-refractivity contribution in [3.05, 3.63) is 68.6 Å². The van der Waals surface area contributed by atoms with Crippen LogP contribution in [-0.4, -0.2) is 6.54 Å². The number of benzene rings is 2. The molecule has 0 spiro atoms. The lowest BCUT2D eigenvalue weighted by atomic mass is 9.93. The summed E-state index contributed by atoms with van der Waals surface area (Å²) < 4.78 is 2.33. The molecule has 2 rings (SSSR count). The largest absolute Gasteiger partial charge is 0.330 e. The van der Waals surface area contributed by atoms with E-state index in [0.717, 1.165) is 12.8 Å². The molecule has 1 nitrogen and oxygen atoms in total. The Kier molecular flexibility index (Phi) is 5.61. The Morgan fingerprint density at radius 3 is 1.58 bits per heavy atom. The van der Waals surface area contributed by atoms with Gasteiger partial charge in [0.15, 0.2) is 0 Å². The van der Waals surface area contributed by atoms with Crippen molar-refractivity contribution in [1.82, 2.24) is 0 Å². The van der Waals surface area contributed by atoms with Gasteiger partial charge in [0.05, 0.1) is 0 Å². The molecule has 0 aliphatic carbocycles. The van der Waals surface area contributed by atoms with Crippen LogP contribution in [0.5, 0.6) is 0 Å². The maximum Gasteiger partial charge on any atom is 0.0207 e. The molecule has 3 heteroatoms. The Morgan fingerprint density at radius 1 is 0.789 bits per heavy atom. The number of rotatable bonds is 5. The number of hydrogen-bond donors (Lipinski definition) is 1. The van der Waals surface area contributed by atoms with Crippen molar-refractivity contribution in [2.45, 2.75) is 12.8 Å². The molecule has 0 fully saturated rings. The van der Waals surface area contributed by atoms with Crippen molar-refractivity contribution in [3.63, 3.8) is 0 Å². The molecule has 0 atom stereocenters. The first kappa shape index (κ1) is 14.8. The van der Waals surface area contributed by atoms with Gasteiger partial charge in [0.2, 0.25) is 0 Å². The summed E-state index contributed by atoms with van der Waals surface area (Å²) in [6.07, 6.45) is 2.00. The lowest BCUT2D eigenvalue weighted by molar-refractivity contribution is 0.531. The predicted molar refractivity (Wildman–Crippen MR) is 88.2 cm³/mol. The number of halogens is 2. The fraction of sp³-hybridized carbons (Fsp3) is 0.250. The van der Waals surface area contributed by atoms with Crippen LogP contribution in [0.25, 0.3) is 0 Å². The Labute approximate surface area is 131 Å². The normalized spacial score (nSPS) is 10.9. The van der Waals surface area contributed by atoms with E-state index in [1.165, 1.54) is 20.1 Å². The minimum absolute atomic E-state index is 0.456. The van der Waals surface area contributed by atoms with Gasteiger partial charge in [0, 0.05) is 8.95 Å². The summed E-state index contributed by atoms with van der Waals surface area (Å²) in [6.45, 7) is 0.697. The summed E-state index contributed by atoms with van der Waals surface area (Å²) >= 11 is 7.21. The Hall–Kier alpha value is -0.640. The van der Waals surface area contributed by atoms with Gasteiger partial charge < -0.3 is 5.73 Å². The van der Waals surface area contributed by atoms with Crippen LogP contribution in [0.2, 0.25) is 0 Å². The summed E-state index contributed by atoms with van der Waals surface area (Å²) in [5, 5.41) is 0. The van der Waals surface area contributed by atoms with Crippen LogP contribution in [0.15, 0.2) is 57.5 Å². The molecular formula is C16H17Br2N. The van der Waals surface area contributed by atoms with Gasteiger partial charge in [-0.15, -0.1) is 0 Å². The zero-order valence-electron chi connectivity index (χ0n) is 10.7. The summed E-state index contributed by atoms with van der Waals surface area (Å²) in [5.74, 6) is 0.456. The van der Waals surface area contributed by atoms with Gasteiger partial charge in [-0.3, -0.25) is 0 Å². The molecule has 19 heavy (non-hydrogen) atoms. The first-order valence-corrected chi connectivity index (χ1v) is 7.96. The van der Waals surface area contributed by atoms with Gasteiger partial charge in [0.25, 0.3) is 0 Å². The van der Waals surface area contributed by atoms with E-state index in [9.17, 15) is 0 Å². The summed E-state index contributed by atoms with van der Waals surface area (Å²) in [6, 6.07) is 16.7. The highest BCUT2D eigenvalue weighted by Gasteiger charge is 2.12. The summed E-state index contributed by atoms with van der Waals surface area (Å²) in [4.78, 5) is 0. The highest BCUT2D eigenvalue weighted by Crippen LogP contribution is 2.24. The fourth-order valence-electron chi connectivity index (χ4n) is 2.19. The first-order valence-electron chi connectivity index (χ1n) is 6.37. The van der Waals surface area contributed by atoms with Gasteiger partial charge in [-0.25, -0.2) is 0 Å². The van der Waals surface area contributed by atoms with Crippen molar-refractivity contribution in [2.24, 2.45) is 11.7 Å². The van der Waals surface area contributed by atoms with Gasteiger partial charge in [-0.1, -0.05) is 68.3 Å². The van der Waals surface area contributed by atoms with E-state index in [1.807, 2.05) is 12.1 Å². The molecule has 0 aliphatic heterocycles. The molecule has 100 valence electrons. The second kappa shape index (κ2) is 7.22. The Morgan fingerprint density at radius 2 is 1.21 bits per heavy atom. The van der Waals surface area contributed by atoms with E-state index in [0.29, 0.717) is 12.5 Å². The average molecular weight is 383 g/mol. The number of hydrogen-bond acceptors (Lipinski definition) is 1. The van der Waals surface area contributed by atoms with Crippen LogP contribution in [0.4, 0.5) is 0 Å². The lowest BCUT2D eigenvalue weighted by Gasteiger charge is -2.16. The zero-order chi connectivity index (χ0) is 13.7. The highest BCUT2D eigenvalue weighted by molar-refractivity contribution is 9.10. The van der Waals surface area contributed by atoms with Crippen molar-refractivity contribution in [3.8, 4) is 0 Å². The molecule has 2 aromatic rings. The Balaban J connectivity index is 2.09. The maximum atomic E-state index is 5.94. The predicted octanol–water partition coefficient (Wildman–Crippen LogP) is 4.57. The minimum atomic E-state index is 0.456. The van der Waals surface area contributed by atoms with E-state index in [2.05, 4.69) is 68.3 Å². The smallest absolute Gasteiger partial charge is 0.0207 e. The van der Waals surface area contributed by atoms with Crippen molar-refractivity contribution in [1.29, 1.82) is 0 Å². The van der Waals surface area contributed by atoms with Gasteiger partial charge in [-0.05, 0) is 48.6 Å². The molecule has 0 amide bonds. The highest BCUT2D eigenvalue weighted by atomic mass is 79.9. The first-order chi connectivity index (χ1) is 9.20. The molecular weight excluding hydrogens is 366 g/mol. The lowest BCUT2D eigenvalue weighted by Crippen LogP contribution is -2.19. The van der Waals surface area contributed by atoms with Gasteiger partial charge in [-0.2, -0.15) is 0 Å². The van der Waals surface area contributed by atoms with Crippen molar-refractivity contribution in [2.75, 3.05) is 6.54 Å². The monoisotopic (exact) mass is 381 g/mol. The van der Waals surface area contributed by atoms with E-state index in [1.54, 1.807) is 0 Å². The molecule has 0 unspecified atom stereocenters. The second-order valence-corrected chi connectivity index (χ2v) is 6.40. The molecule has 2 aromatic carbocycles. The van der Waals surface area contributed by atoms with Gasteiger partial charge >= 0.3 is 0 Å². The number of nitrogens with two attached hydrogens (primary N) is 1. The Bertz CT molecular complexity index is 492. The van der Waals surface area contributed by atoms with E-state index < -0.39 is 0 Å². The van der Waals surface area contributed by atoms with Crippen molar-refractivity contribution >= 4 is 31.9 Å². The quantitative estimate of drug-likeness (QED) is 0.805. The van der Waals surface area contributed by atoms with Crippen molar-refractivity contribution < 1.29 is 0 Å². The topological polar surface area (TPSA) is 26.0 Å². The third-order valence-corrected chi connectivity index (χ3v) is 4.81. The third-order valence-electron chi connectivity index (χ3n) is 3.27. The average Bonchev–Trinajstić information content (AvgIpc) is 2.42. The standard InChI is InChI=1S/C16H17Br2N/c17-15-7-3-1-5-13(15)9-12(11-19)10-14-6-2-4-8-16(14)18/h1-8,12H,9-11,19H2. The molecule has 0 aromatic heterocycles. The van der Waals surface area contributed by atoms with E-state index >= 15 is 0 Å². The van der Waals surface area contributed by atoms with Gasteiger partial charge in [0.1, 0.15) is 0 Å². The third kappa shape index (κ3) is 4.16. The van der Waals surface area contributed by atoms with Crippen LogP contribution in [0.3, 0.4) is 0 Å². The van der Waals surface area contributed by atoms with Crippen LogP contribution >= 0.6 is 31.9 Å². The molecule has 2 N–H and O–H groups in total. The van der Waals surface area contributed by atoms with Crippen LogP contribution in [-0.2, 0) is 12.8 Å². The van der Waals surface area contributed by atoms with Crippen LogP contribution in [0, 0.1) is 5.92 Å². The second-order valence-electron chi connectivity index (χ2n) is 4.69. The summed E-state index contributed by atoms with van der Waals surface area (Å²) in [7, 11) is 0. The fourth-order valence-corrected chi connectivity index (χ4v) is 3.08. The molecule has 0 radical (unpaired) electrons. The maximum absolute atomic E-state index is 5.94. The molecule has 0 saturated carbocycles. The summed E-state index contributed by atoms with van der Waals surface area (Å²) in [5.41, 5.74) is 8.59.